The van der Waals surface area contributed by atoms with E-state index >= 15 is 0 Å². The number of hydrogen-bond acceptors (Lipinski definition) is 3. The molecule has 1 fully saturated rings. The van der Waals surface area contributed by atoms with Crippen LogP contribution in [0.1, 0.15) is 18.0 Å². The van der Waals surface area contributed by atoms with Gasteiger partial charge in [-0.25, -0.2) is 0 Å². The van der Waals surface area contributed by atoms with Gasteiger partial charge in [-0.3, -0.25) is 4.68 Å². The van der Waals surface area contributed by atoms with Gasteiger partial charge in [0.1, 0.15) is 0 Å². The molecule has 0 spiro atoms. The number of anilines is 1. The molecule has 1 unspecified atom stereocenters. The lowest BCUT2D eigenvalue weighted by molar-refractivity contribution is 0.409. The first kappa shape index (κ1) is 8.56. The Kier molecular flexibility index (Phi) is 2.00. The van der Waals surface area contributed by atoms with Crippen molar-refractivity contribution in [3.8, 4) is 0 Å². The molecule has 0 bridgehead atoms. The van der Waals surface area contributed by atoms with E-state index in [-0.39, 0.29) is 0 Å². The number of nitrogens with two attached hydrogens (primary N) is 1. The second kappa shape index (κ2) is 3.03. The van der Waals surface area contributed by atoms with Crippen molar-refractivity contribution < 1.29 is 0 Å². The third kappa shape index (κ3) is 1.42. The van der Waals surface area contributed by atoms with Gasteiger partial charge in [0.15, 0.2) is 0 Å². The van der Waals surface area contributed by atoms with Crippen LogP contribution in [0.5, 0.6) is 0 Å². The van der Waals surface area contributed by atoms with Gasteiger partial charge in [0.05, 0.1) is 17.6 Å². The summed E-state index contributed by atoms with van der Waals surface area (Å²) in [4.78, 5) is 2.33. The summed E-state index contributed by atoms with van der Waals surface area (Å²) >= 11 is 0. The third-order valence-electron chi connectivity index (χ3n) is 2.79. The molecular formula is C9H16N4. The second-order valence-electron chi connectivity index (χ2n) is 3.86. The number of likely N-dealkylation sites (N-methyl/N-ethyl adjacent to an activating group) is 1. The van der Waals surface area contributed by atoms with E-state index in [1.165, 1.54) is 12.1 Å². The maximum atomic E-state index is 5.86. The molecule has 2 N–H and O–H groups in total. The largest absolute Gasteiger partial charge is 0.396 e. The van der Waals surface area contributed by atoms with Gasteiger partial charge in [0.2, 0.25) is 0 Å². The summed E-state index contributed by atoms with van der Waals surface area (Å²) in [7, 11) is 4.11. The minimum Gasteiger partial charge on any atom is -0.396 e. The standard InChI is InChI=1S/C9H16N4/c1-12-4-3-7(6-12)9-8(10)5-11-13(9)2/h5,7H,3-4,6,10H2,1-2H3. The van der Waals surface area contributed by atoms with Gasteiger partial charge in [0.25, 0.3) is 0 Å². The molecule has 0 amide bonds. The molecule has 0 aromatic carbocycles. The predicted octanol–water partition coefficient (Wildman–Crippen LogP) is 0.421. The van der Waals surface area contributed by atoms with Crippen LogP contribution in [0.2, 0.25) is 0 Å². The maximum Gasteiger partial charge on any atom is 0.0736 e. The molecule has 1 saturated heterocycles. The molecule has 0 radical (unpaired) electrons. The molecule has 2 rings (SSSR count). The van der Waals surface area contributed by atoms with E-state index in [0.717, 1.165) is 18.8 Å². The Morgan fingerprint density at radius 2 is 2.31 bits per heavy atom. The first-order chi connectivity index (χ1) is 6.18. The van der Waals surface area contributed by atoms with Crippen LogP contribution in [0, 0.1) is 0 Å². The molecule has 72 valence electrons. The van der Waals surface area contributed by atoms with Crippen molar-refractivity contribution in [1.82, 2.24) is 14.7 Å². The van der Waals surface area contributed by atoms with Crippen molar-refractivity contribution in [2.24, 2.45) is 7.05 Å². The van der Waals surface area contributed by atoms with Crippen LogP contribution in [-0.4, -0.2) is 34.8 Å². The fourth-order valence-electron chi connectivity index (χ4n) is 2.12. The molecule has 0 saturated carbocycles. The quantitative estimate of drug-likeness (QED) is 0.681. The summed E-state index contributed by atoms with van der Waals surface area (Å²) in [6.45, 7) is 2.26. The molecule has 13 heavy (non-hydrogen) atoms. The number of likely N-dealkylation sites (tertiary alicyclic amines) is 1. The zero-order valence-electron chi connectivity index (χ0n) is 8.20. The first-order valence-electron chi connectivity index (χ1n) is 4.64. The minimum atomic E-state index is 0.567. The van der Waals surface area contributed by atoms with Crippen molar-refractivity contribution >= 4 is 5.69 Å². The smallest absolute Gasteiger partial charge is 0.0736 e. The second-order valence-corrected chi connectivity index (χ2v) is 3.86. The molecule has 4 nitrogen and oxygen atoms in total. The zero-order chi connectivity index (χ0) is 9.42. The monoisotopic (exact) mass is 180 g/mol. The summed E-state index contributed by atoms with van der Waals surface area (Å²) in [6, 6.07) is 0. The van der Waals surface area contributed by atoms with Gasteiger partial charge >= 0.3 is 0 Å². The topological polar surface area (TPSA) is 47.1 Å². The van der Waals surface area contributed by atoms with E-state index in [1.807, 2.05) is 11.7 Å². The fraction of sp³-hybridized carbons (Fsp3) is 0.667. The average molecular weight is 180 g/mol. The molecule has 1 aromatic heterocycles. The van der Waals surface area contributed by atoms with Gasteiger partial charge in [-0.2, -0.15) is 5.10 Å². The number of hydrogen-bond donors (Lipinski definition) is 1. The summed E-state index contributed by atoms with van der Waals surface area (Å²) in [5, 5.41) is 4.16. The molecule has 0 aliphatic carbocycles. The van der Waals surface area contributed by atoms with Gasteiger partial charge in [-0.05, 0) is 20.0 Å². The number of aryl methyl sites for hydroxylation is 1. The Bertz CT molecular complexity index is 285. The van der Waals surface area contributed by atoms with E-state index in [2.05, 4.69) is 17.0 Å². The molecule has 1 aromatic rings. The van der Waals surface area contributed by atoms with Crippen LogP contribution in [0.15, 0.2) is 6.20 Å². The summed E-state index contributed by atoms with van der Waals surface area (Å²) in [6.07, 6.45) is 2.94. The van der Waals surface area contributed by atoms with Crippen LogP contribution in [-0.2, 0) is 7.05 Å². The van der Waals surface area contributed by atoms with Crippen LogP contribution >= 0.6 is 0 Å². The highest BCUT2D eigenvalue weighted by atomic mass is 15.3. The number of nitrogens with zero attached hydrogens (tertiary/aromatic N) is 3. The first-order valence-corrected chi connectivity index (χ1v) is 4.64. The van der Waals surface area contributed by atoms with Gasteiger partial charge < -0.3 is 10.6 Å². The third-order valence-corrected chi connectivity index (χ3v) is 2.79. The van der Waals surface area contributed by atoms with Crippen molar-refractivity contribution in [2.75, 3.05) is 25.9 Å². The Labute approximate surface area is 78.3 Å². The lowest BCUT2D eigenvalue weighted by atomic mass is 10.0. The maximum absolute atomic E-state index is 5.86. The fourth-order valence-corrected chi connectivity index (χ4v) is 2.12. The van der Waals surface area contributed by atoms with Gasteiger partial charge in [-0.15, -0.1) is 0 Å². The average Bonchev–Trinajstić information content (AvgIpc) is 2.60. The van der Waals surface area contributed by atoms with Crippen molar-refractivity contribution in [2.45, 2.75) is 12.3 Å². The Morgan fingerprint density at radius 3 is 2.77 bits per heavy atom. The summed E-state index contributed by atoms with van der Waals surface area (Å²) in [5.41, 5.74) is 7.90. The Hall–Kier alpha value is -1.03. The molecule has 1 aliphatic heterocycles. The molecule has 4 heteroatoms. The van der Waals surface area contributed by atoms with Gasteiger partial charge in [0, 0.05) is 19.5 Å². The summed E-state index contributed by atoms with van der Waals surface area (Å²) in [5.74, 6) is 0.567. The lowest BCUT2D eigenvalue weighted by Gasteiger charge is -2.11. The van der Waals surface area contributed by atoms with Crippen LogP contribution in [0.3, 0.4) is 0 Å². The highest BCUT2D eigenvalue weighted by Crippen LogP contribution is 2.29. The number of rotatable bonds is 1. The highest BCUT2D eigenvalue weighted by molar-refractivity contribution is 5.43. The zero-order valence-corrected chi connectivity index (χ0v) is 8.20. The summed E-state index contributed by atoms with van der Waals surface area (Å²) < 4.78 is 1.90. The van der Waals surface area contributed by atoms with Gasteiger partial charge in [-0.1, -0.05) is 0 Å². The van der Waals surface area contributed by atoms with Crippen molar-refractivity contribution in [3.63, 3.8) is 0 Å². The van der Waals surface area contributed by atoms with Crippen molar-refractivity contribution in [3.05, 3.63) is 11.9 Å². The molecule has 1 atom stereocenters. The van der Waals surface area contributed by atoms with E-state index in [0.29, 0.717) is 5.92 Å². The van der Waals surface area contributed by atoms with Crippen LogP contribution < -0.4 is 5.73 Å². The van der Waals surface area contributed by atoms with Crippen molar-refractivity contribution in [1.29, 1.82) is 0 Å². The Balaban J connectivity index is 2.25. The van der Waals surface area contributed by atoms with Crippen LogP contribution in [0.25, 0.3) is 0 Å². The highest BCUT2D eigenvalue weighted by Gasteiger charge is 2.25. The Morgan fingerprint density at radius 1 is 1.54 bits per heavy atom. The SMILES string of the molecule is CN1CCC(c2c(N)cnn2C)C1. The molecular weight excluding hydrogens is 164 g/mol. The molecule has 2 heterocycles. The van der Waals surface area contributed by atoms with E-state index in [9.17, 15) is 0 Å². The molecule has 1 aliphatic rings. The number of aromatic nitrogens is 2. The normalized spacial score (nSPS) is 24.0. The minimum absolute atomic E-state index is 0.567. The lowest BCUT2D eigenvalue weighted by Crippen LogP contribution is -2.15. The van der Waals surface area contributed by atoms with E-state index < -0.39 is 0 Å². The van der Waals surface area contributed by atoms with E-state index in [4.69, 9.17) is 5.73 Å². The number of nitrogen functional groups attached to an aromatic ring is 1. The van der Waals surface area contributed by atoms with E-state index in [1.54, 1.807) is 6.20 Å². The predicted molar refractivity (Wildman–Crippen MR) is 52.5 cm³/mol. The van der Waals surface area contributed by atoms with Crippen LogP contribution in [0.4, 0.5) is 5.69 Å².